The Kier molecular flexibility index (Phi) is 5.18. The molecule has 0 spiro atoms. The fourth-order valence-corrected chi connectivity index (χ4v) is 2.64. The third kappa shape index (κ3) is 3.59. The van der Waals surface area contributed by atoms with Crippen molar-refractivity contribution in [3.8, 4) is 0 Å². The van der Waals surface area contributed by atoms with E-state index in [9.17, 15) is 5.11 Å². The van der Waals surface area contributed by atoms with E-state index in [1.54, 1.807) is 0 Å². The number of hydrogen-bond acceptors (Lipinski definition) is 3. The second kappa shape index (κ2) is 6.70. The minimum Gasteiger partial charge on any atom is -0.388 e. The van der Waals surface area contributed by atoms with Gasteiger partial charge in [-0.25, -0.2) is 9.67 Å². The zero-order chi connectivity index (χ0) is 14.7. The van der Waals surface area contributed by atoms with E-state index in [0.29, 0.717) is 22.9 Å². The molecular weight excluding hydrogens is 342 g/mol. The first-order valence-corrected chi connectivity index (χ1v) is 7.64. The van der Waals surface area contributed by atoms with Gasteiger partial charge in [0, 0.05) is 23.0 Å². The highest BCUT2D eigenvalue weighted by molar-refractivity contribution is 9.10. The van der Waals surface area contributed by atoms with E-state index in [4.69, 9.17) is 11.6 Å². The first kappa shape index (κ1) is 15.5. The molecule has 0 aliphatic heterocycles. The highest BCUT2D eigenvalue weighted by Gasteiger charge is 2.17. The van der Waals surface area contributed by atoms with Crippen LogP contribution in [0.3, 0.4) is 0 Å². The molecule has 0 radical (unpaired) electrons. The van der Waals surface area contributed by atoms with Crippen LogP contribution < -0.4 is 0 Å². The lowest BCUT2D eigenvalue weighted by molar-refractivity contribution is 0.173. The Labute approximate surface area is 131 Å². The maximum absolute atomic E-state index is 10.4. The second-order valence-electron chi connectivity index (χ2n) is 5.12. The first-order valence-electron chi connectivity index (χ1n) is 6.47. The highest BCUT2D eigenvalue weighted by atomic mass is 79.9. The summed E-state index contributed by atoms with van der Waals surface area (Å²) in [6, 6.07) is 5.52. The Hall–Kier alpha value is -0.910. The molecule has 0 bridgehead atoms. The summed E-state index contributed by atoms with van der Waals surface area (Å²) < 4.78 is 2.61. The summed E-state index contributed by atoms with van der Waals surface area (Å²) in [5.41, 5.74) is 0.695. The van der Waals surface area contributed by atoms with Gasteiger partial charge in [-0.05, 0) is 27.9 Å². The maximum Gasteiger partial charge on any atom is 0.138 e. The molecule has 108 valence electrons. The van der Waals surface area contributed by atoms with Gasteiger partial charge in [-0.15, -0.1) is 0 Å². The summed E-state index contributed by atoms with van der Waals surface area (Å²) >= 11 is 9.57. The topological polar surface area (TPSA) is 50.9 Å². The molecule has 6 heteroatoms. The van der Waals surface area contributed by atoms with Gasteiger partial charge in [-0.1, -0.05) is 37.6 Å². The van der Waals surface area contributed by atoms with E-state index in [1.165, 1.54) is 6.33 Å². The summed E-state index contributed by atoms with van der Waals surface area (Å²) in [6.07, 6.45) is 1.21. The van der Waals surface area contributed by atoms with Crippen molar-refractivity contribution >= 4 is 27.5 Å². The van der Waals surface area contributed by atoms with Crippen LogP contribution in [0.2, 0.25) is 5.02 Å². The fourth-order valence-electron chi connectivity index (χ4n) is 2.01. The van der Waals surface area contributed by atoms with Crippen LogP contribution in [0, 0.1) is 5.92 Å². The third-order valence-corrected chi connectivity index (χ3v) is 4.26. The predicted octanol–water partition coefficient (Wildman–Crippen LogP) is 3.63. The molecule has 1 aromatic heterocycles. The number of aliphatic hydroxyl groups is 1. The molecule has 2 rings (SSSR count). The van der Waals surface area contributed by atoms with Crippen molar-refractivity contribution < 1.29 is 5.11 Å². The summed E-state index contributed by atoms with van der Waals surface area (Å²) in [5.74, 6) is 1.24. The SMILES string of the molecule is CC(C)Cn1ncnc1CC(O)c1cccc(Br)c1Cl. The largest absolute Gasteiger partial charge is 0.388 e. The molecule has 1 unspecified atom stereocenters. The van der Waals surface area contributed by atoms with Gasteiger partial charge < -0.3 is 5.11 Å². The molecule has 0 fully saturated rings. The smallest absolute Gasteiger partial charge is 0.138 e. The molecule has 2 aromatic rings. The molecule has 20 heavy (non-hydrogen) atoms. The molecule has 1 heterocycles. The van der Waals surface area contributed by atoms with Crippen LogP contribution in [-0.2, 0) is 13.0 Å². The van der Waals surface area contributed by atoms with E-state index >= 15 is 0 Å². The quantitative estimate of drug-likeness (QED) is 0.888. The van der Waals surface area contributed by atoms with Crippen LogP contribution in [0.25, 0.3) is 0 Å². The average Bonchev–Trinajstić information content (AvgIpc) is 2.79. The van der Waals surface area contributed by atoms with Gasteiger partial charge in [-0.3, -0.25) is 0 Å². The first-order chi connectivity index (χ1) is 9.49. The molecule has 0 aliphatic rings. The fraction of sp³-hybridized carbons (Fsp3) is 0.429. The van der Waals surface area contributed by atoms with Crippen LogP contribution in [0.1, 0.15) is 31.3 Å². The Morgan fingerprint density at radius 3 is 2.85 bits per heavy atom. The lowest BCUT2D eigenvalue weighted by Gasteiger charge is -2.14. The number of halogens is 2. The number of rotatable bonds is 5. The zero-order valence-corrected chi connectivity index (χ0v) is 13.8. The molecule has 0 aliphatic carbocycles. The lowest BCUT2D eigenvalue weighted by Crippen LogP contribution is -2.13. The Bertz CT molecular complexity index is 586. The number of benzene rings is 1. The second-order valence-corrected chi connectivity index (χ2v) is 6.35. The van der Waals surface area contributed by atoms with E-state index in [1.807, 2.05) is 22.9 Å². The van der Waals surface area contributed by atoms with Crippen molar-refractivity contribution in [2.45, 2.75) is 32.9 Å². The monoisotopic (exact) mass is 357 g/mol. The molecule has 1 atom stereocenters. The highest BCUT2D eigenvalue weighted by Crippen LogP contribution is 2.31. The normalized spacial score (nSPS) is 12.9. The minimum atomic E-state index is -0.699. The van der Waals surface area contributed by atoms with Crippen LogP contribution in [0.5, 0.6) is 0 Å². The van der Waals surface area contributed by atoms with E-state index < -0.39 is 6.10 Å². The number of nitrogens with zero attached hydrogens (tertiary/aromatic N) is 3. The molecule has 0 saturated heterocycles. The predicted molar refractivity (Wildman–Crippen MR) is 82.7 cm³/mol. The van der Waals surface area contributed by atoms with Gasteiger partial charge in [0.05, 0.1) is 11.1 Å². The lowest BCUT2D eigenvalue weighted by atomic mass is 10.1. The van der Waals surface area contributed by atoms with E-state index in [-0.39, 0.29) is 0 Å². The van der Waals surface area contributed by atoms with Gasteiger partial charge in [0.1, 0.15) is 12.2 Å². The summed E-state index contributed by atoms with van der Waals surface area (Å²) in [6.45, 7) is 5.02. The van der Waals surface area contributed by atoms with E-state index in [2.05, 4.69) is 39.9 Å². The van der Waals surface area contributed by atoms with Crippen molar-refractivity contribution in [1.29, 1.82) is 0 Å². The average molecular weight is 359 g/mol. The molecular formula is C14H17BrClN3O. The van der Waals surface area contributed by atoms with Gasteiger partial charge in [0.2, 0.25) is 0 Å². The van der Waals surface area contributed by atoms with Gasteiger partial charge in [0.25, 0.3) is 0 Å². The van der Waals surface area contributed by atoms with Gasteiger partial charge in [-0.2, -0.15) is 5.10 Å². The van der Waals surface area contributed by atoms with Crippen LogP contribution >= 0.6 is 27.5 Å². The van der Waals surface area contributed by atoms with Crippen LogP contribution in [0.4, 0.5) is 0 Å². The van der Waals surface area contributed by atoms with Crippen LogP contribution in [0.15, 0.2) is 29.0 Å². The summed E-state index contributed by atoms with van der Waals surface area (Å²) in [4.78, 5) is 4.22. The standard InChI is InChI=1S/C14H17BrClN3O/c1-9(2)7-19-13(17-8-18-19)6-12(20)10-4-3-5-11(15)14(10)16/h3-5,8-9,12,20H,6-7H2,1-2H3. The summed E-state index contributed by atoms with van der Waals surface area (Å²) in [5, 5.41) is 15.1. The van der Waals surface area contributed by atoms with Crippen molar-refractivity contribution in [2.75, 3.05) is 0 Å². The van der Waals surface area contributed by atoms with Crippen molar-refractivity contribution in [3.05, 3.63) is 45.4 Å². The molecule has 4 nitrogen and oxygen atoms in total. The maximum atomic E-state index is 10.4. The van der Waals surface area contributed by atoms with E-state index in [0.717, 1.165) is 16.8 Å². The number of aromatic nitrogens is 3. The minimum absolute atomic E-state index is 0.392. The zero-order valence-electron chi connectivity index (χ0n) is 11.4. The van der Waals surface area contributed by atoms with Crippen molar-refractivity contribution in [3.63, 3.8) is 0 Å². The summed E-state index contributed by atoms with van der Waals surface area (Å²) in [7, 11) is 0. The third-order valence-electron chi connectivity index (χ3n) is 2.95. The molecule has 0 saturated carbocycles. The Morgan fingerprint density at radius 1 is 1.40 bits per heavy atom. The van der Waals surface area contributed by atoms with Gasteiger partial charge >= 0.3 is 0 Å². The molecule has 0 amide bonds. The van der Waals surface area contributed by atoms with Crippen LogP contribution in [-0.4, -0.2) is 19.9 Å². The Morgan fingerprint density at radius 2 is 2.15 bits per heavy atom. The number of aliphatic hydroxyl groups excluding tert-OH is 1. The van der Waals surface area contributed by atoms with Crippen molar-refractivity contribution in [2.24, 2.45) is 5.92 Å². The Balaban J connectivity index is 2.17. The van der Waals surface area contributed by atoms with Crippen molar-refractivity contribution in [1.82, 2.24) is 14.8 Å². The number of hydrogen-bond donors (Lipinski definition) is 1. The molecule has 1 N–H and O–H groups in total. The van der Waals surface area contributed by atoms with Gasteiger partial charge in [0.15, 0.2) is 0 Å². The molecule has 1 aromatic carbocycles.